The Balaban J connectivity index is 1.27. The van der Waals surface area contributed by atoms with E-state index in [0.29, 0.717) is 41.2 Å². The van der Waals surface area contributed by atoms with Crippen molar-refractivity contribution in [2.75, 3.05) is 5.32 Å². The van der Waals surface area contributed by atoms with Crippen LogP contribution in [-0.2, 0) is 11.4 Å². The molecule has 5 aromatic rings. The van der Waals surface area contributed by atoms with E-state index >= 15 is 0 Å². The van der Waals surface area contributed by atoms with Crippen LogP contribution in [-0.4, -0.2) is 35.5 Å². The van der Waals surface area contributed by atoms with Gasteiger partial charge in [0.2, 0.25) is 5.91 Å². The van der Waals surface area contributed by atoms with Gasteiger partial charge in [-0.25, -0.2) is 0 Å². The Labute approximate surface area is 205 Å². The van der Waals surface area contributed by atoms with Gasteiger partial charge in [0.05, 0.1) is 6.20 Å². The third-order valence-electron chi connectivity index (χ3n) is 6.08. The van der Waals surface area contributed by atoms with Gasteiger partial charge in [-0.15, -0.1) is 15.3 Å². The molecule has 6 rings (SSSR count). The largest absolute Gasteiger partial charge is 0.489 e. The van der Waals surface area contributed by atoms with Crippen molar-refractivity contribution in [1.82, 2.24) is 29.6 Å². The summed E-state index contributed by atoms with van der Waals surface area (Å²) >= 11 is 6.22. The smallest absolute Gasteiger partial charge is 0.226 e. The normalized spacial score (nSPS) is 15.1. The first-order valence-electron chi connectivity index (χ1n) is 11.1. The Morgan fingerprint density at radius 2 is 1.91 bits per heavy atom. The fourth-order valence-electron chi connectivity index (χ4n) is 4.26. The molecule has 0 saturated carbocycles. The van der Waals surface area contributed by atoms with Crippen LogP contribution >= 0.6 is 11.6 Å². The molecule has 1 amide bonds. The Kier molecular flexibility index (Phi) is 5.18. The zero-order chi connectivity index (χ0) is 23.9. The molecule has 4 heterocycles. The number of amides is 1. The van der Waals surface area contributed by atoms with Crippen molar-refractivity contribution in [2.24, 2.45) is 0 Å². The van der Waals surface area contributed by atoms with Crippen molar-refractivity contribution in [2.45, 2.75) is 25.9 Å². The Hall–Kier alpha value is -4.24. The molecule has 2 aromatic carbocycles. The first kappa shape index (κ1) is 21.3. The first-order chi connectivity index (χ1) is 17.1. The van der Waals surface area contributed by atoms with Crippen molar-refractivity contribution >= 4 is 29.0 Å². The van der Waals surface area contributed by atoms with Gasteiger partial charge in [0.1, 0.15) is 18.2 Å². The molecule has 9 nitrogen and oxygen atoms in total. The maximum absolute atomic E-state index is 12.6. The number of aryl methyl sites for hydroxylation is 1. The summed E-state index contributed by atoms with van der Waals surface area (Å²) in [7, 11) is 0. The second-order valence-corrected chi connectivity index (χ2v) is 8.73. The molecule has 1 atom stereocenters. The van der Waals surface area contributed by atoms with Gasteiger partial charge >= 0.3 is 0 Å². The molecular weight excluding hydrogens is 466 g/mol. The number of aromatic nitrogens is 6. The van der Waals surface area contributed by atoms with Crippen LogP contribution in [0.5, 0.6) is 5.75 Å². The van der Waals surface area contributed by atoms with Crippen molar-refractivity contribution in [1.29, 1.82) is 0 Å². The van der Waals surface area contributed by atoms with Crippen LogP contribution in [0.25, 0.3) is 11.5 Å². The highest BCUT2D eigenvalue weighted by atomic mass is 35.5. The molecule has 0 bridgehead atoms. The number of ether oxygens (including phenoxy) is 1. The van der Waals surface area contributed by atoms with Gasteiger partial charge in [0.25, 0.3) is 0 Å². The van der Waals surface area contributed by atoms with E-state index in [-0.39, 0.29) is 11.8 Å². The van der Waals surface area contributed by atoms with E-state index in [2.05, 4.69) is 25.7 Å². The lowest BCUT2D eigenvalue weighted by atomic mass is 9.87. The number of halogens is 1. The lowest BCUT2D eigenvalue weighted by Gasteiger charge is -2.23. The molecule has 0 saturated heterocycles. The van der Waals surface area contributed by atoms with E-state index in [1.807, 2.05) is 61.5 Å². The fraction of sp³-hybridized carbons (Fsp3) is 0.160. The quantitative estimate of drug-likeness (QED) is 0.398. The number of nitrogens with zero attached hydrogens (tertiary/aromatic N) is 6. The standard InChI is InChI=1S/C25H20ClN7O2/c1-15-29-30-22-10-11-23(31-32(15)22)33-25-20(13-27-33)19(12-24(34)28-25)16-6-8-18(9-7-16)35-14-17-4-2-3-5-21(17)26/h2-11,13,19H,12,14H2,1H3,(H,28,34)/t19-/m1/s1. The highest BCUT2D eigenvalue weighted by Crippen LogP contribution is 2.38. The molecule has 1 aliphatic heterocycles. The van der Waals surface area contributed by atoms with Crippen molar-refractivity contribution in [3.05, 3.63) is 94.4 Å². The predicted octanol–water partition coefficient (Wildman–Crippen LogP) is 4.32. The molecule has 0 fully saturated rings. The third-order valence-corrected chi connectivity index (χ3v) is 6.45. The number of carbonyl (C=O) groups excluding carboxylic acids is 1. The van der Waals surface area contributed by atoms with Gasteiger partial charge < -0.3 is 10.1 Å². The van der Waals surface area contributed by atoms with Crippen LogP contribution in [0.2, 0.25) is 5.02 Å². The van der Waals surface area contributed by atoms with Gasteiger partial charge in [0.15, 0.2) is 17.3 Å². The van der Waals surface area contributed by atoms with E-state index in [0.717, 1.165) is 22.4 Å². The highest BCUT2D eigenvalue weighted by molar-refractivity contribution is 6.31. The maximum Gasteiger partial charge on any atom is 0.226 e. The Bertz CT molecular complexity index is 1560. The fourth-order valence-corrected chi connectivity index (χ4v) is 4.45. The molecule has 174 valence electrons. The van der Waals surface area contributed by atoms with Crippen LogP contribution in [0.15, 0.2) is 66.9 Å². The SMILES string of the molecule is Cc1nnc2ccc(-n3ncc4c3NC(=O)C[C@@H]4c3ccc(OCc4ccccc4Cl)cc3)nn12. The molecule has 1 N–H and O–H groups in total. The van der Waals surface area contributed by atoms with Crippen molar-refractivity contribution in [3.63, 3.8) is 0 Å². The minimum absolute atomic E-state index is 0.0788. The minimum atomic E-state index is -0.134. The molecule has 0 aliphatic carbocycles. The number of benzene rings is 2. The molecule has 0 radical (unpaired) electrons. The predicted molar refractivity (Wildman–Crippen MR) is 130 cm³/mol. The molecule has 1 aliphatic rings. The summed E-state index contributed by atoms with van der Waals surface area (Å²) in [6.07, 6.45) is 2.11. The Morgan fingerprint density at radius 3 is 2.74 bits per heavy atom. The van der Waals surface area contributed by atoms with E-state index in [1.165, 1.54) is 0 Å². The number of fused-ring (bicyclic) bond motifs is 2. The van der Waals surface area contributed by atoms with Crippen LogP contribution in [0, 0.1) is 6.92 Å². The lowest BCUT2D eigenvalue weighted by Crippen LogP contribution is -2.24. The van der Waals surface area contributed by atoms with Crippen LogP contribution in [0.4, 0.5) is 5.82 Å². The highest BCUT2D eigenvalue weighted by Gasteiger charge is 2.30. The zero-order valence-electron chi connectivity index (χ0n) is 18.7. The first-order valence-corrected chi connectivity index (χ1v) is 11.5. The molecule has 3 aromatic heterocycles. The number of carbonyl (C=O) groups is 1. The third kappa shape index (κ3) is 3.89. The average molecular weight is 486 g/mol. The summed E-state index contributed by atoms with van der Waals surface area (Å²) in [5.41, 5.74) is 3.50. The summed E-state index contributed by atoms with van der Waals surface area (Å²) in [5, 5.41) is 20.9. The number of rotatable bonds is 5. The second-order valence-electron chi connectivity index (χ2n) is 8.32. The van der Waals surface area contributed by atoms with Crippen LogP contribution in [0.1, 0.15) is 34.9 Å². The Morgan fingerprint density at radius 1 is 1.09 bits per heavy atom. The van der Waals surface area contributed by atoms with Gasteiger partial charge in [-0.2, -0.15) is 14.3 Å². The second kappa shape index (κ2) is 8.52. The number of nitrogens with one attached hydrogen (secondary N) is 1. The van der Waals surface area contributed by atoms with E-state index in [1.54, 1.807) is 21.5 Å². The van der Waals surface area contributed by atoms with Crippen molar-refractivity contribution in [3.8, 4) is 11.6 Å². The number of hydrogen-bond donors (Lipinski definition) is 1. The summed E-state index contributed by atoms with van der Waals surface area (Å²) in [4.78, 5) is 12.6. The lowest BCUT2D eigenvalue weighted by molar-refractivity contribution is -0.116. The monoisotopic (exact) mass is 485 g/mol. The number of anilines is 1. The zero-order valence-corrected chi connectivity index (χ0v) is 19.5. The van der Waals surface area contributed by atoms with E-state index in [9.17, 15) is 4.79 Å². The molecule has 0 spiro atoms. The van der Waals surface area contributed by atoms with Gasteiger partial charge in [-0.3, -0.25) is 4.79 Å². The summed E-state index contributed by atoms with van der Waals surface area (Å²) in [6.45, 7) is 2.21. The van der Waals surface area contributed by atoms with E-state index < -0.39 is 0 Å². The summed E-state index contributed by atoms with van der Waals surface area (Å²) in [5.74, 6) is 2.36. The molecule has 35 heavy (non-hydrogen) atoms. The number of hydrogen-bond acceptors (Lipinski definition) is 6. The van der Waals surface area contributed by atoms with E-state index in [4.69, 9.17) is 16.3 Å². The maximum atomic E-state index is 12.6. The average Bonchev–Trinajstić information content (AvgIpc) is 3.46. The van der Waals surface area contributed by atoms with Crippen LogP contribution < -0.4 is 10.1 Å². The summed E-state index contributed by atoms with van der Waals surface area (Å²) in [6, 6.07) is 19.0. The van der Waals surface area contributed by atoms with Crippen LogP contribution in [0.3, 0.4) is 0 Å². The van der Waals surface area contributed by atoms with Gasteiger partial charge in [-0.05, 0) is 42.8 Å². The molecule has 10 heteroatoms. The molecule has 0 unspecified atom stereocenters. The topological polar surface area (TPSA) is 99.2 Å². The minimum Gasteiger partial charge on any atom is -0.489 e. The summed E-state index contributed by atoms with van der Waals surface area (Å²) < 4.78 is 9.19. The van der Waals surface area contributed by atoms with Gasteiger partial charge in [-0.1, -0.05) is 41.9 Å². The molecular formula is C25H20ClN7O2. The van der Waals surface area contributed by atoms with Gasteiger partial charge in [0, 0.05) is 28.5 Å². The van der Waals surface area contributed by atoms with Crippen molar-refractivity contribution < 1.29 is 9.53 Å².